The van der Waals surface area contributed by atoms with Crippen LogP contribution in [0.3, 0.4) is 0 Å². The maximum atomic E-state index is 13.8. The van der Waals surface area contributed by atoms with E-state index >= 15 is 0 Å². The van der Waals surface area contributed by atoms with E-state index in [0.29, 0.717) is 12.1 Å². The molecule has 1 fully saturated rings. The Bertz CT molecular complexity index is 1180. The molecule has 1 heterocycles. The second kappa shape index (κ2) is 17.2. The predicted molar refractivity (Wildman–Crippen MR) is 166 cm³/mol. The lowest BCUT2D eigenvalue weighted by Gasteiger charge is -2.34. The summed E-state index contributed by atoms with van der Waals surface area (Å²) in [5.74, 6) is -1.10. The fourth-order valence-corrected chi connectivity index (χ4v) is 5.53. The molecule has 0 spiro atoms. The number of imidazole rings is 1. The number of ether oxygens (including phenoxy) is 1. The fourth-order valence-electron chi connectivity index (χ4n) is 5.53. The zero-order chi connectivity index (χ0) is 33.0. The largest absolute Gasteiger partial charge is 0.444 e. The third kappa shape index (κ3) is 12.1. The van der Waals surface area contributed by atoms with Crippen molar-refractivity contribution in [2.24, 2.45) is 5.92 Å². The molecule has 2 aromatic rings. The molecule has 1 aromatic heterocycles. The number of nitrogens with one attached hydrogen (secondary N) is 4. The summed E-state index contributed by atoms with van der Waals surface area (Å²) in [4.78, 5) is 47.2. The second-order valence-electron chi connectivity index (χ2n) is 12.8. The highest BCUT2D eigenvalue weighted by atomic mass is 16.6. The number of amides is 3. The summed E-state index contributed by atoms with van der Waals surface area (Å²) in [7, 11) is 0. The Labute approximate surface area is 264 Å². The average Bonchev–Trinajstić information content (AvgIpc) is 3.52. The van der Waals surface area contributed by atoms with E-state index in [1.54, 1.807) is 20.8 Å². The Hall–Kier alpha value is -3.52. The van der Waals surface area contributed by atoms with Crippen LogP contribution in [0.4, 0.5) is 4.79 Å². The van der Waals surface area contributed by atoms with E-state index in [4.69, 9.17) is 4.74 Å². The molecule has 3 rings (SSSR count). The summed E-state index contributed by atoms with van der Waals surface area (Å²) in [6.07, 6.45) is 2.64. The van der Waals surface area contributed by atoms with Gasteiger partial charge in [0.1, 0.15) is 36.0 Å². The third-order valence-corrected chi connectivity index (χ3v) is 7.89. The molecule has 45 heavy (non-hydrogen) atoms. The lowest BCUT2D eigenvalue weighted by atomic mass is 9.82. The Morgan fingerprint density at radius 3 is 2.18 bits per heavy atom. The standard InChI is InChI=1S/C32H49N5O8/c1-32(2,3)45-31(44)37-24(15-21-12-8-5-9-13-21)29(42)36-25(16-22-17-33-19-34-22)30(43)35-23(14-20-10-6-4-7-11-20)27(40)28(41)26(39)18-38/h5,8-9,12-13,17,19-20,23-28,38-41H,4,6-7,10-11,14-16,18H2,1-3H3,(H,33,34)(H,35,43)(H,36,42)(H,37,44)/t23-,24-,25-,26+,27+,28+/m0/s1. The molecule has 1 aliphatic rings. The summed E-state index contributed by atoms with van der Waals surface area (Å²) in [5, 5.41) is 49.1. The summed E-state index contributed by atoms with van der Waals surface area (Å²) in [6.45, 7) is 4.35. The minimum Gasteiger partial charge on any atom is -0.444 e. The number of H-pyrrole nitrogens is 1. The van der Waals surface area contributed by atoms with Crippen LogP contribution in [0.5, 0.6) is 0 Å². The molecule has 1 aromatic carbocycles. The molecule has 6 atom stereocenters. The number of rotatable bonds is 15. The van der Waals surface area contributed by atoms with Crippen LogP contribution >= 0.6 is 0 Å². The van der Waals surface area contributed by atoms with Gasteiger partial charge in [0.05, 0.1) is 19.0 Å². The highest BCUT2D eigenvalue weighted by molar-refractivity contribution is 5.91. The number of aromatic nitrogens is 2. The highest BCUT2D eigenvalue weighted by Crippen LogP contribution is 2.28. The second-order valence-corrected chi connectivity index (χ2v) is 12.8. The minimum absolute atomic E-state index is 0.0100. The maximum Gasteiger partial charge on any atom is 0.408 e. The van der Waals surface area contributed by atoms with Crippen LogP contribution in [0, 0.1) is 5.92 Å². The van der Waals surface area contributed by atoms with Crippen molar-refractivity contribution >= 4 is 17.9 Å². The monoisotopic (exact) mass is 631 g/mol. The van der Waals surface area contributed by atoms with Gasteiger partial charge in [0.25, 0.3) is 0 Å². The van der Waals surface area contributed by atoms with Gasteiger partial charge in [-0.1, -0.05) is 62.4 Å². The zero-order valence-corrected chi connectivity index (χ0v) is 26.3. The van der Waals surface area contributed by atoms with Crippen LogP contribution in [-0.2, 0) is 27.2 Å². The maximum absolute atomic E-state index is 13.8. The summed E-state index contributed by atoms with van der Waals surface area (Å²) in [5.41, 5.74) is 0.522. The van der Waals surface area contributed by atoms with Crippen LogP contribution in [0.1, 0.15) is 70.6 Å². The van der Waals surface area contributed by atoms with Gasteiger partial charge in [-0.25, -0.2) is 9.78 Å². The first kappa shape index (κ1) is 36.0. The predicted octanol–water partition coefficient (Wildman–Crippen LogP) is 1.10. The molecule has 1 saturated carbocycles. The van der Waals surface area contributed by atoms with E-state index in [1.807, 2.05) is 30.3 Å². The first-order chi connectivity index (χ1) is 21.4. The van der Waals surface area contributed by atoms with E-state index in [0.717, 1.165) is 37.7 Å². The first-order valence-electron chi connectivity index (χ1n) is 15.6. The highest BCUT2D eigenvalue weighted by Gasteiger charge is 2.36. The summed E-state index contributed by atoms with van der Waals surface area (Å²) >= 11 is 0. The lowest BCUT2D eigenvalue weighted by molar-refractivity contribution is -0.132. The molecular formula is C32H49N5O8. The first-order valence-corrected chi connectivity index (χ1v) is 15.6. The van der Waals surface area contributed by atoms with Gasteiger partial charge >= 0.3 is 6.09 Å². The molecule has 13 heteroatoms. The lowest BCUT2D eigenvalue weighted by Crippen LogP contribution is -2.59. The van der Waals surface area contributed by atoms with Crippen molar-refractivity contribution in [2.45, 2.75) is 114 Å². The fraction of sp³-hybridized carbons (Fsp3) is 0.625. The smallest absolute Gasteiger partial charge is 0.408 e. The molecule has 1 aliphatic carbocycles. The molecule has 0 radical (unpaired) electrons. The van der Waals surface area contributed by atoms with Crippen LogP contribution in [0.15, 0.2) is 42.9 Å². The van der Waals surface area contributed by atoms with Crippen molar-refractivity contribution in [3.8, 4) is 0 Å². The molecule has 8 N–H and O–H groups in total. The van der Waals surface area contributed by atoms with Crippen molar-refractivity contribution in [3.05, 3.63) is 54.1 Å². The summed E-state index contributed by atoms with van der Waals surface area (Å²) < 4.78 is 5.38. The average molecular weight is 632 g/mol. The van der Waals surface area contributed by atoms with Crippen molar-refractivity contribution < 1.29 is 39.5 Å². The molecule has 13 nitrogen and oxygen atoms in total. The van der Waals surface area contributed by atoms with E-state index in [1.165, 1.54) is 12.5 Å². The summed E-state index contributed by atoms with van der Waals surface area (Å²) in [6, 6.07) is 5.85. The Balaban J connectivity index is 1.84. The number of carbonyl (C=O) groups excluding carboxylic acids is 3. The van der Waals surface area contributed by atoms with Crippen LogP contribution < -0.4 is 16.0 Å². The van der Waals surface area contributed by atoms with Gasteiger partial charge in [0.2, 0.25) is 11.8 Å². The number of alkyl carbamates (subject to hydrolysis) is 1. The third-order valence-electron chi connectivity index (χ3n) is 7.89. The number of hydrogen-bond acceptors (Lipinski definition) is 9. The van der Waals surface area contributed by atoms with Gasteiger partial charge < -0.3 is 46.1 Å². The van der Waals surface area contributed by atoms with Crippen LogP contribution in [0.25, 0.3) is 0 Å². The number of aliphatic hydroxyl groups excluding tert-OH is 4. The molecule has 0 saturated heterocycles. The molecular weight excluding hydrogens is 582 g/mol. The number of carbonyl (C=O) groups is 3. The van der Waals surface area contributed by atoms with Gasteiger partial charge in [-0.3, -0.25) is 9.59 Å². The Kier molecular flexibility index (Phi) is 13.8. The topological polar surface area (TPSA) is 206 Å². The zero-order valence-electron chi connectivity index (χ0n) is 26.3. The van der Waals surface area contributed by atoms with E-state index in [9.17, 15) is 34.8 Å². The van der Waals surface area contributed by atoms with Gasteiger partial charge in [-0.15, -0.1) is 0 Å². The molecule has 0 unspecified atom stereocenters. The molecule has 250 valence electrons. The van der Waals surface area contributed by atoms with Crippen molar-refractivity contribution in [1.82, 2.24) is 25.9 Å². The van der Waals surface area contributed by atoms with E-state index in [-0.39, 0.29) is 18.8 Å². The Morgan fingerprint density at radius 1 is 0.933 bits per heavy atom. The molecule has 3 amide bonds. The van der Waals surface area contributed by atoms with Crippen LogP contribution in [0.2, 0.25) is 0 Å². The Morgan fingerprint density at radius 2 is 1.58 bits per heavy atom. The SMILES string of the molecule is CC(C)(C)OC(=O)N[C@@H](Cc1ccccc1)C(=O)N[C@@H](Cc1cnc[nH]1)C(=O)N[C@@H](CC1CCCCC1)[C@@H](O)[C@H](O)[C@H](O)CO. The minimum atomic E-state index is -1.71. The number of aliphatic hydroxyl groups is 4. The van der Waals surface area contributed by atoms with Crippen molar-refractivity contribution in [1.29, 1.82) is 0 Å². The van der Waals surface area contributed by atoms with E-state index < -0.39 is 66.6 Å². The van der Waals surface area contributed by atoms with Gasteiger partial charge in [0.15, 0.2) is 0 Å². The number of benzene rings is 1. The normalized spacial score (nSPS) is 18.1. The van der Waals surface area contributed by atoms with Crippen molar-refractivity contribution in [2.75, 3.05) is 6.61 Å². The van der Waals surface area contributed by atoms with Gasteiger partial charge in [-0.2, -0.15) is 0 Å². The quantitative estimate of drug-likeness (QED) is 0.141. The molecule has 0 bridgehead atoms. The van der Waals surface area contributed by atoms with Gasteiger partial charge in [0, 0.05) is 24.7 Å². The number of hydrogen-bond donors (Lipinski definition) is 8. The number of aromatic amines is 1. The number of nitrogens with zero attached hydrogens (tertiary/aromatic N) is 1. The van der Waals surface area contributed by atoms with Crippen LogP contribution in [-0.4, -0.2) is 96.9 Å². The molecule has 0 aliphatic heterocycles. The van der Waals surface area contributed by atoms with Crippen molar-refractivity contribution in [3.63, 3.8) is 0 Å². The van der Waals surface area contributed by atoms with E-state index in [2.05, 4.69) is 25.9 Å². The van der Waals surface area contributed by atoms with Gasteiger partial charge in [-0.05, 0) is 38.7 Å².